The molecular weight excluding hydrogens is 414 g/mol. The van der Waals surface area contributed by atoms with Gasteiger partial charge in [-0.15, -0.1) is 0 Å². The number of urea groups is 1. The summed E-state index contributed by atoms with van der Waals surface area (Å²) >= 11 is -2.83. The molecular formula is C18H30N5O6S-. The molecule has 2 bridgehead atoms. The van der Waals surface area contributed by atoms with Crippen LogP contribution in [-0.4, -0.2) is 93.0 Å². The van der Waals surface area contributed by atoms with Gasteiger partial charge in [0.15, 0.2) is 0 Å². The Balaban J connectivity index is 1.17. The maximum Gasteiger partial charge on any atom is 0.346 e. The van der Waals surface area contributed by atoms with E-state index in [1.165, 1.54) is 37.3 Å². The van der Waals surface area contributed by atoms with Crippen LogP contribution < -0.4 is 10.8 Å². The first-order valence-electron chi connectivity index (χ1n) is 10.8. The smallest absolute Gasteiger partial charge is 0.346 e. The van der Waals surface area contributed by atoms with Crippen molar-refractivity contribution in [2.24, 2.45) is 5.92 Å². The minimum absolute atomic E-state index is 0.195. The predicted octanol–water partition coefficient (Wildman–Crippen LogP) is -0.507. The number of fused-ring (bicyclic) bond motifs is 2. The highest BCUT2D eigenvalue weighted by Crippen LogP contribution is 2.30. The van der Waals surface area contributed by atoms with E-state index in [1.807, 2.05) is 0 Å². The molecule has 11 nitrogen and oxygen atoms in total. The summed E-state index contributed by atoms with van der Waals surface area (Å²) in [4.78, 5) is 34.2. The molecule has 3 unspecified atom stereocenters. The molecule has 4 fully saturated rings. The monoisotopic (exact) mass is 444 g/mol. The number of nitrogens with zero attached hydrogens (tertiary/aromatic N) is 3. The molecule has 0 radical (unpaired) electrons. The Labute approximate surface area is 178 Å². The molecule has 0 saturated carbocycles. The standard InChI is InChI=1S/C18H31N5O6S/c24-17(16-5-4-15-11-22(16)18(25)23(15)29-30(26)27)20-28-12-14-8-13(9-19-14)10-21-6-2-1-3-7-21/h13-16,19H,1-12H2,(H,20,24)(H,26,27)/p-1/t13-,14+,15?,16?/m1/s1. The van der Waals surface area contributed by atoms with Crippen LogP contribution in [0.2, 0.25) is 0 Å². The number of carbonyl (C=O) groups excluding carboxylic acids is 2. The molecule has 3 amide bonds. The zero-order valence-electron chi connectivity index (χ0n) is 17.0. The van der Waals surface area contributed by atoms with E-state index in [2.05, 4.69) is 20.0 Å². The maximum atomic E-state index is 12.5. The van der Waals surface area contributed by atoms with Crippen molar-refractivity contribution in [1.82, 2.24) is 25.7 Å². The van der Waals surface area contributed by atoms with Crippen LogP contribution in [0.3, 0.4) is 0 Å². The number of hydrogen-bond acceptors (Lipinski definition) is 8. The molecule has 30 heavy (non-hydrogen) atoms. The molecule has 4 rings (SSSR count). The Kier molecular flexibility index (Phi) is 7.21. The molecule has 4 heterocycles. The molecule has 5 atom stereocenters. The zero-order valence-corrected chi connectivity index (χ0v) is 17.8. The lowest BCUT2D eigenvalue weighted by Crippen LogP contribution is -2.50. The van der Waals surface area contributed by atoms with Gasteiger partial charge in [0, 0.05) is 19.1 Å². The van der Waals surface area contributed by atoms with Gasteiger partial charge < -0.3 is 19.7 Å². The van der Waals surface area contributed by atoms with Crippen molar-refractivity contribution in [3.63, 3.8) is 0 Å². The van der Waals surface area contributed by atoms with Crippen molar-refractivity contribution < 1.29 is 27.5 Å². The Bertz CT molecular complexity index is 663. The van der Waals surface area contributed by atoms with Gasteiger partial charge in [0.05, 0.1) is 12.6 Å². The lowest BCUT2D eigenvalue weighted by Gasteiger charge is -2.29. The average molecular weight is 445 g/mol. The highest BCUT2D eigenvalue weighted by Gasteiger charge is 2.48. The Morgan fingerprint density at radius 1 is 1.27 bits per heavy atom. The van der Waals surface area contributed by atoms with Crippen LogP contribution in [0.15, 0.2) is 0 Å². The minimum atomic E-state index is -2.83. The third-order valence-electron chi connectivity index (χ3n) is 6.50. The van der Waals surface area contributed by atoms with Crippen molar-refractivity contribution in [1.29, 1.82) is 0 Å². The molecule has 170 valence electrons. The summed E-state index contributed by atoms with van der Waals surface area (Å²) in [5, 5.41) is 4.29. The predicted molar refractivity (Wildman–Crippen MR) is 105 cm³/mol. The largest absolute Gasteiger partial charge is 0.748 e. The van der Waals surface area contributed by atoms with E-state index in [1.54, 1.807) is 0 Å². The van der Waals surface area contributed by atoms with E-state index in [0.29, 0.717) is 25.4 Å². The Morgan fingerprint density at radius 3 is 2.83 bits per heavy atom. The number of rotatable bonds is 8. The van der Waals surface area contributed by atoms with E-state index in [9.17, 15) is 18.4 Å². The summed E-state index contributed by atoms with van der Waals surface area (Å²) in [5.74, 6) is 0.206. The molecule has 0 aromatic rings. The molecule has 0 aliphatic carbocycles. The summed E-state index contributed by atoms with van der Waals surface area (Å²) < 4.78 is 26.1. The number of piperidine rings is 2. The fourth-order valence-corrected chi connectivity index (χ4v) is 5.34. The quantitative estimate of drug-likeness (QED) is 0.379. The zero-order chi connectivity index (χ0) is 21.1. The first-order valence-corrected chi connectivity index (χ1v) is 11.8. The summed E-state index contributed by atoms with van der Waals surface area (Å²) in [6.45, 7) is 5.09. The van der Waals surface area contributed by atoms with E-state index < -0.39 is 29.3 Å². The van der Waals surface area contributed by atoms with Crippen molar-refractivity contribution in [3.8, 4) is 0 Å². The minimum Gasteiger partial charge on any atom is -0.748 e. The lowest BCUT2D eigenvalue weighted by molar-refractivity contribution is -0.139. The first-order chi connectivity index (χ1) is 14.5. The van der Waals surface area contributed by atoms with E-state index >= 15 is 0 Å². The molecule has 0 aromatic heterocycles. The van der Waals surface area contributed by atoms with Crippen LogP contribution >= 0.6 is 0 Å². The molecule has 12 heteroatoms. The van der Waals surface area contributed by atoms with Gasteiger partial charge >= 0.3 is 6.03 Å². The van der Waals surface area contributed by atoms with Gasteiger partial charge in [0.2, 0.25) is 0 Å². The van der Waals surface area contributed by atoms with Crippen molar-refractivity contribution in [2.75, 3.05) is 39.3 Å². The van der Waals surface area contributed by atoms with Crippen molar-refractivity contribution in [3.05, 3.63) is 0 Å². The second-order valence-corrected chi connectivity index (χ2v) is 9.19. The van der Waals surface area contributed by atoms with Crippen LogP contribution in [0.5, 0.6) is 0 Å². The highest BCUT2D eigenvalue weighted by atomic mass is 32.2. The van der Waals surface area contributed by atoms with Crippen molar-refractivity contribution in [2.45, 2.75) is 56.7 Å². The molecule has 4 saturated heterocycles. The van der Waals surface area contributed by atoms with E-state index in [0.717, 1.165) is 24.6 Å². The SMILES string of the molecule is O=C(NOC[C@@H]1C[C@@H](CN2CCCCC2)CN1)C1CCC2CN1C(=O)N2OS(=O)[O-]. The van der Waals surface area contributed by atoms with E-state index in [-0.39, 0.29) is 18.6 Å². The highest BCUT2D eigenvalue weighted by molar-refractivity contribution is 7.74. The topological polar surface area (TPSA) is 127 Å². The molecule has 4 aliphatic rings. The normalized spacial score (nSPS) is 33.2. The Hall–Kier alpha value is -1.31. The fraction of sp³-hybridized carbons (Fsp3) is 0.889. The molecule has 0 aromatic carbocycles. The third-order valence-corrected chi connectivity index (χ3v) is 6.78. The number of amides is 3. The number of likely N-dealkylation sites (tertiary alicyclic amines) is 1. The summed E-state index contributed by atoms with van der Waals surface area (Å²) in [7, 11) is 0. The van der Waals surface area contributed by atoms with Crippen LogP contribution in [-0.2, 0) is 25.3 Å². The average Bonchev–Trinajstić information content (AvgIpc) is 3.27. The summed E-state index contributed by atoms with van der Waals surface area (Å²) in [6, 6.07) is -1.47. The third kappa shape index (κ3) is 5.11. The van der Waals surface area contributed by atoms with Crippen LogP contribution in [0.4, 0.5) is 4.79 Å². The van der Waals surface area contributed by atoms with Crippen LogP contribution in [0.1, 0.15) is 38.5 Å². The van der Waals surface area contributed by atoms with Gasteiger partial charge in [0.1, 0.15) is 17.4 Å². The fourth-order valence-electron chi connectivity index (χ4n) is 5.03. The van der Waals surface area contributed by atoms with Gasteiger partial charge in [-0.2, -0.15) is 9.35 Å². The van der Waals surface area contributed by atoms with Gasteiger partial charge in [-0.25, -0.2) is 14.5 Å². The molecule has 4 aliphatic heterocycles. The van der Waals surface area contributed by atoms with Gasteiger partial charge in [-0.1, -0.05) is 6.42 Å². The second-order valence-electron chi connectivity index (χ2n) is 8.63. The number of hydroxylamine groups is 3. The Morgan fingerprint density at radius 2 is 2.07 bits per heavy atom. The van der Waals surface area contributed by atoms with Gasteiger partial charge in [-0.3, -0.25) is 9.63 Å². The second kappa shape index (κ2) is 9.88. The first kappa shape index (κ1) is 21.9. The molecule has 0 spiro atoms. The van der Waals surface area contributed by atoms with Gasteiger partial charge in [0.25, 0.3) is 5.91 Å². The summed E-state index contributed by atoms with van der Waals surface area (Å²) in [5.41, 5.74) is 2.47. The lowest BCUT2D eigenvalue weighted by atomic mass is 10.0. The maximum absolute atomic E-state index is 12.5. The number of nitrogens with one attached hydrogen (secondary N) is 2. The number of hydrogen-bond donors (Lipinski definition) is 2. The number of carbonyl (C=O) groups is 2. The summed E-state index contributed by atoms with van der Waals surface area (Å²) in [6.07, 6.45) is 5.85. The van der Waals surface area contributed by atoms with Crippen LogP contribution in [0, 0.1) is 5.92 Å². The molecule has 2 N–H and O–H groups in total. The van der Waals surface area contributed by atoms with Crippen molar-refractivity contribution >= 4 is 23.3 Å². The van der Waals surface area contributed by atoms with Gasteiger partial charge in [-0.05, 0) is 57.7 Å². The van der Waals surface area contributed by atoms with E-state index in [4.69, 9.17) is 4.84 Å². The van der Waals surface area contributed by atoms with Crippen LogP contribution in [0.25, 0.3) is 0 Å².